The van der Waals surface area contributed by atoms with Gasteiger partial charge in [-0.25, -0.2) is 0 Å². The molecule has 1 heterocycles. The molecule has 25 heavy (non-hydrogen) atoms. The number of rotatable bonds is 5. The highest BCUT2D eigenvalue weighted by atomic mass is 127. The Kier molecular flexibility index (Phi) is 9.85. The van der Waals surface area contributed by atoms with Crippen molar-refractivity contribution in [2.75, 3.05) is 26.7 Å². The first-order chi connectivity index (χ1) is 11.6. The summed E-state index contributed by atoms with van der Waals surface area (Å²) in [6.45, 7) is 7.46. The van der Waals surface area contributed by atoms with Gasteiger partial charge in [0.25, 0.3) is 0 Å². The SMILES string of the molecule is CN=C(NCCC(=O)N1CCCC(C)C1)NCc1ccccc1C.I. The molecule has 140 valence electrons. The van der Waals surface area contributed by atoms with E-state index in [1.807, 2.05) is 17.0 Å². The molecule has 1 aliphatic heterocycles. The number of benzene rings is 1. The average molecular weight is 458 g/mol. The maximum absolute atomic E-state index is 12.3. The van der Waals surface area contributed by atoms with Gasteiger partial charge in [-0.05, 0) is 36.8 Å². The fourth-order valence-electron chi connectivity index (χ4n) is 3.07. The molecule has 1 aromatic rings. The Hall–Kier alpha value is -1.31. The summed E-state index contributed by atoms with van der Waals surface area (Å²) in [7, 11) is 1.75. The number of halogens is 1. The van der Waals surface area contributed by atoms with E-state index in [-0.39, 0.29) is 29.9 Å². The Morgan fingerprint density at radius 2 is 2.08 bits per heavy atom. The molecule has 0 saturated carbocycles. The number of carbonyl (C=O) groups is 1. The maximum Gasteiger partial charge on any atom is 0.224 e. The number of hydrogen-bond acceptors (Lipinski definition) is 2. The summed E-state index contributed by atoms with van der Waals surface area (Å²) in [4.78, 5) is 18.5. The zero-order valence-corrected chi connectivity index (χ0v) is 17.9. The molecule has 2 N–H and O–H groups in total. The van der Waals surface area contributed by atoms with E-state index in [0.717, 1.165) is 32.0 Å². The predicted molar refractivity (Wildman–Crippen MR) is 114 cm³/mol. The Labute approximate surface area is 168 Å². The second-order valence-electron chi connectivity index (χ2n) is 6.62. The van der Waals surface area contributed by atoms with Crippen molar-refractivity contribution in [3.63, 3.8) is 0 Å². The minimum absolute atomic E-state index is 0. The third-order valence-corrected chi connectivity index (χ3v) is 4.57. The highest BCUT2D eigenvalue weighted by Gasteiger charge is 2.20. The average Bonchev–Trinajstić information content (AvgIpc) is 2.59. The lowest BCUT2D eigenvalue weighted by atomic mass is 10.00. The van der Waals surface area contributed by atoms with Crippen LogP contribution < -0.4 is 10.6 Å². The van der Waals surface area contributed by atoms with E-state index < -0.39 is 0 Å². The molecular weight excluding hydrogens is 427 g/mol. The number of piperidine rings is 1. The standard InChI is InChI=1S/C19H30N4O.HI/c1-15-7-6-12-23(14-15)18(24)10-11-21-19(20-3)22-13-17-9-5-4-8-16(17)2;/h4-5,8-9,15H,6-7,10-14H2,1-3H3,(H2,20,21,22);1H. The topological polar surface area (TPSA) is 56.7 Å². The lowest BCUT2D eigenvalue weighted by molar-refractivity contribution is -0.132. The molecule has 1 aliphatic rings. The molecule has 0 spiro atoms. The first kappa shape index (κ1) is 21.7. The van der Waals surface area contributed by atoms with Gasteiger partial charge in [-0.15, -0.1) is 24.0 Å². The number of aryl methyl sites for hydroxylation is 1. The molecule has 1 fully saturated rings. The molecule has 2 rings (SSSR count). The minimum atomic E-state index is 0. The van der Waals surface area contributed by atoms with Gasteiger partial charge in [-0.3, -0.25) is 9.79 Å². The van der Waals surface area contributed by atoms with E-state index in [0.29, 0.717) is 18.9 Å². The molecule has 1 unspecified atom stereocenters. The third-order valence-electron chi connectivity index (χ3n) is 4.57. The van der Waals surface area contributed by atoms with Gasteiger partial charge < -0.3 is 15.5 Å². The molecular formula is C19H31IN4O. The number of likely N-dealkylation sites (tertiary alicyclic amines) is 1. The Morgan fingerprint density at radius 1 is 1.32 bits per heavy atom. The number of nitrogens with one attached hydrogen (secondary N) is 2. The Morgan fingerprint density at radius 3 is 2.76 bits per heavy atom. The van der Waals surface area contributed by atoms with Crippen LogP contribution in [0.1, 0.15) is 37.3 Å². The van der Waals surface area contributed by atoms with Gasteiger partial charge >= 0.3 is 0 Å². The van der Waals surface area contributed by atoms with Crippen LogP contribution in [0.4, 0.5) is 0 Å². The number of guanidine groups is 1. The van der Waals surface area contributed by atoms with E-state index in [9.17, 15) is 4.79 Å². The van der Waals surface area contributed by atoms with Crippen LogP contribution in [0.3, 0.4) is 0 Å². The maximum atomic E-state index is 12.3. The van der Waals surface area contributed by atoms with Crippen molar-refractivity contribution in [1.29, 1.82) is 0 Å². The highest BCUT2D eigenvalue weighted by Crippen LogP contribution is 2.15. The summed E-state index contributed by atoms with van der Waals surface area (Å²) in [5.74, 6) is 1.60. The summed E-state index contributed by atoms with van der Waals surface area (Å²) < 4.78 is 0. The molecule has 1 amide bonds. The quantitative estimate of drug-likeness (QED) is 0.406. The van der Waals surface area contributed by atoms with Gasteiger partial charge in [-0.1, -0.05) is 31.2 Å². The van der Waals surface area contributed by atoms with Crippen LogP contribution in [-0.4, -0.2) is 43.4 Å². The fourth-order valence-corrected chi connectivity index (χ4v) is 3.07. The molecule has 1 atom stereocenters. The van der Waals surface area contributed by atoms with Gasteiger partial charge in [0.05, 0.1) is 0 Å². The number of hydrogen-bond donors (Lipinski definition) is 2. The summed E-state index contributed by atoms with van der Waals surface area (Å²) in [5.41, 5.74) is 2.51. The van der Waals surface area contributed by atoms with Gasteiger partial charge in [0, 0.05) is 39.6 Å². The van der Waals surface area contributed by atoms with Crippen molar-refractivity contribution in [3.05, 3.63) is 35.4 Å². The summed E-state index contributed by atoms with van der Waals surface area (Å²) in [5, 5.41) is 6.53. The number of nitrogens with zero attached hydrogens (tertiary/aromatic N) is 2. The first-order valence-electron chi connectivity index (χ1n) is 8.87. The highest BCUT2D eigenvalue weighted by molar-refractivity contribution is 14.0. The number of aliphatic imine (C=N–C) groups is 1. The summed E-state index contributed by atoms with van der Waals surface area (Å²) in [6.07, 6.45) is 2.87. The molecule has 1 aromatic carbocycles. The van der Waals surface area contributed by atoms with Crippen LogP contribution in [0.2, 0.25) is 0 Å². The van der Waals surface area contributed by atoms with Crippen molar-refractivity contribution in [1.82, 2.24) is 15.5 Å². The van der Waals surface area contributed by atoms with Crippen LogP contribution in [0.25, 0.3) is 0 Å². The van der Waals surface area contributed by atoms with Crippen molar-refractivity contribution in [2.24, 2.45) is 10.9 Å². The molecule has 6 heteroatoms. The Bertz CT molecular complexity index is 576. The smallest absolute Gasteiger partial charge is 0.224 e. The monoisotopic (exact) mass is 458 g/mol. The van der Waals surface area contributed by atoms with Gasteiger partial charge in [0.15, 0.2) is 5.96 Å². The van der Waals surface area contributed by atoms with Gasteiger partial charge in [-0.2, -0.15) is 0 Å². The van der Waals surface area contributed by atoms with E-state index in [2.05, 4.69) is 41.6 Å². The van der Waals surface area contributed by atoms with E-state index in [1.54, 1.807) is 7.05 Å². The van der Waals surface area contributed by atoms with Gasteiger partial charge in [0.1, 0.15) is 0 Å². The zero-order chi connectivity index (χ0) is 17.4. The van der Waals surface area contributed by atoms with E-state index in [4.69, 9.17) is 0 Å². The fraction of sp³-hybridized carbons (Fsp3) is 0.579. The van der Waals surface area contributed by atoms with Crippen molar-refractivity contribution < 1.29 is 4.79 Å². The van der Waals surface area contributed by atoms with Crippen LogP contribution >= 0.6 is 24.0 Å². The van der Waals surface area contributed by atoms with Gasteiger partial charge in [0.2, 0.25) is 5.91 Å². The van der Waals surface area contributed by atoms with Crippen molar-refractivity contribution in [2.45, 2.75) is 39.7 Å². The molecule has 0 aliphatic carbocycles. The van der Waals surface area contributed by atoms with Crippen molar-refractivity contribution in [3.8, 4) is 0 Å². The van der Waals surface area contributed by atoms with E-state index >= 15 is 0 Å². The van der Waals surface area contributed by atoms with Crippen molar-refractivity contribution >= 4 is 35.8 Å². The third kappa shape index (κ3) is 7.22. The molecule has 0 aromatic heterocycles. The number of amides is 1. The molecule has 0 bridgehead atoms. The summed E-state index contributed by atoms with van der Waals surface area (Å²) >= 11 is 0. The van der Waals surface area contributed by atoms with E-state index in [1.165, 1.54) is 17.5 Å². The Balaban J connectivity index is 0.00000312. The minimum Gasteiger partial charge on any atom is -0.356 e. The van der Waals surface area contributed by atoms with Crippen LogP contribution in [0.15, 0.2) is 29.3 Å². The second kappa shape index (κ2) is 11.3. The summed E-state index contributed by atoms with van der Waals surface area (Å²) in [6, 6.07) is 8.29. The lowest BCUT2D eigenvalue weighted by Gasteiger charge is -2.31. The first-order valence-corrected chi connectivity index (χ1v) is 8.87. The molecule has 1 saturated heterocycles. The zero-order valence-electron chi connectivity index (χ0n) is 15.5. The predicted octanol–water partition coefficient (Wildman–Crippen LogP) is 2.93. The number of carbonyl (C=O) groups excluding carboxylic acids is 1. The van der Waals surface area contributed by atoms with Crippen LogP contribution in [0, 0.1) is 12.8 Å². The van der Waals surface area contributed by atoms with Crippen LogP contribution in [-0.2, 0) is 11.3 Å². The largest absolute Gasteiger partial charge is 0.356 e. The molecule has 5 nitrogen and oxygen atoms in total. The van der Waals surface area contributed by atoms with Crippen LogP contribution in [0.5, 0.6) is 0 Å². The second-order valence-corrected chi connectivity index (χ2v) is 6.62. The normalized spacial score (nSPS) is 17.6. The lowest BCUT2D eigenvalue weighted by Crippen LogP contribution is -2.42. The molecule has 0 radical (unpaired) electrons.